The van der Waals surface area contributed by atoms with Crippen LogP contribution in [0.1, 0.15) is 6.92 Å². The van der Waals surface area contributed by atoms with Gasteiger partial charge in [-0.15, -0.1) is 0 Å². The number of aromatic amines is 1. The lowest BCUT2D eigenvalue weighted by Gasteiger charge is -2.24. The lowest BCUT2D eigenvalue weighted by Crippen LogP contribution is -2.29. The van der Waals surface area contributed by atoms with Crippen LogP contribution in [0.3, 0.4) is 0 Å². The molecule has 0 atom stereocenters. The summed E-state index contributed by atoms with van der Waals surface area (Å²) >= 11 is 0. The summed E-state index contributed by atoms with van der Waals surface area (Å²) in [6.07, 6.45) is 3.78. The molecular formula is C28H31FN8O. The molecule has 2 aromatic carbocycles. The van der Waals surface area contributed by atoms with Gasteiger partial charge in [0.25, 0.3) is 0 Å². The van der Waals surface area contributed by atoms with E-state index in [4.69, 9.17) is 4.98 Å². The van der Waals surface area contributed by atoms with Crippen LogP contribution >= 0.6 is 0 Å². The highest BCUT2D eigenvalue weighted by molar-refractivity contribution is 6.03. The monoisotopic (exact) mass is 514 g/mol. The van der Waals surface area contributed by atoms with E-state index in [1.54, 1.807) is 6.07 Å². The molecule has 3 N–H and O–H groups in total. The summed E-state index contributed by atoms with van der Waals surface area (Å²) < 4.78 is 15.8. The van der Waals surface area contributed by atoms with E-state index in [1.165, 1.54) is 19.1 Å². The fraction of sp³-hybridized carbons (Fsp3) is 0.250. The van der Waals surface area contributed by atoms with Crippen LogP contribution in [0.2, 0.25) is 0 Å². The maximum atomic E-state index is 13.9. The van der Waals surface area contributed by atoms with Gasteiger partial charge in [0.15, 0.2) is 0 Å². The Labute approximate surface area is 220 Å². The molecule has 0 radical (unpaired) electrons. The van der Waals surface area contributed by atoms with Gasteiger partial charge in [-0.3, -0.25) is 4.79 Å². The Morgan fingerprint density at radius 1 is 1.05 bits per heavy atom. The second-order valence-corrected chi connectivity index (χ2v) is 9.71. The number of aryl methyl sites for hydroxylation is 1. The normalized spacial score (nSPS) is 11.4. The molecule has 3 heterocycles. The molecule has 0 aliphatic heterocycles. The molecule has 0 saturated carbocycles. The second kappa shape index (κ2) is 10.1. The third kappa shape index (κ3) is 5.03. The fourth-order valence-corrected chi connectivity index (χ4v) is 4.58. The number of H-pyrrole nitrogens is 1. The zero-order chi connectivity index (χ0) is 27.0. The van der Waals surface area contributed by atoms with E-state index in [9.17, 15) is 9.18 Å². The third-order valence-corrected chi connectivity index (χ3v) is 6.48. The number of nitrogens with one attached hydrogen (secondary N) is 3. The smallest absolute Gasteiger partial charge is 0.229 e. The van der Waals surface area contributed by atoms with Crippen molar-refractivity contribution >= 4 is 50.9 Å². The quantitative estimate of drug-likeness (QED) is 0.271. The number of aromatic nitrogens is 4. The highest BCUT2D eigenvalue weighted by Crippen LogP contribution is 2.35. The van der Waals surface area contributed by atoms with Crippen molar-refractivity contribution in [3.63, 3.8) is 0 Å². The van der Waals surface area contributed by atoms with Crippen molar-refractivity contribution in [2.45, 2.75) is 6.92 Å². The topological polar surface area (TPSA) is 94.1 Å². The number of anilines is 4. The molecule has 0 fully saturated rings. The summed E-state index contributed by atoms with van der Waals surface area (Å²) in [5, 5.41) is 8.01. The van der Waals surface area contributed by atoms with E-state index in [-0.39, 0.29) is 11.7 Å². The van der Waals surface area contributed by atoms with E-state index >= 15 is 0 Å². The minimum atomic E-state index is -0.284. The Morgan fingerprint density at radius 2 is 1.87 bits per heavy atom. The zero-order valence-electron chi connectivity index (χ0n) is 22.1. The minimum Gasteiger partial charge on any atom is -0.372 e. The van der Waals surface area contributed by atoms with Crippen molar-refractivity contribution in [3.05, 3.63) is 60.7 Å². The molecule has 3 aromatic heterocycles. The summed E-state index contributed by atoms with van der Waals surface area (Å²) in [6, 6.07) is 12.5. The van der Waals surface area contributed by atoms with Gasteiger partial charge in [-0.05, 0) is 56.6 Å². The Hall–Kier alpha value is -4.44. The van der Waals surface area contributed by atoms with Crippen molar-refractivity contribution < 1.29 is 9.18 Å². The minimum absolute atomic E-state index is 0.150. The fourth-order valence-electron chi connectivity index (χ4n) is 4.58. The molecule has 0 bridgehead atoms. The molecule has 0 spiro atoms. The molecule has 0 unspecified atom stereocenters. The van der Waals surface area contributed by atoms with Gasteiger partial charge in [-0.2, -0.15) is 4.98 Å². The van der Waals surface area contributed by atoms with Gasteiger partial charge < -0.3 is 30.0 Å². The van der Waals surface area contributed by atoms with Crippen LogP contribution in [0, 0.1) is 5.82 Å². The maximum Gasteiger partial charge on any atom is 0.229 e. The van der Waals surface area contributed by atoms with Crippen LogP contribution < -0.4 is 15.5 Å². The largest absolute Gasteiger partial charge is 0.372 e. The van der Waals surface area contributed by atoms with Crippen LogP contribution in [0.15, 0.2) is 54.9 Å². The number of carbonyl (C=O) groups excluding carboxylic acids is 1. The van der Waals surface area contributed by atoms with Gasteiger partial charge in [-0.1, -0.05) is 0 Å². The van der Waals surface area contributed by atoms with Gasteiger partial charge in [0.05, 0.1) is 22.6 Å². The van der Waals surface area contributed by atoms with E-state index in [0.29, 0.717) is 17.3 Å². The molecule has 1 amide bonds. The Balaban J connectivity index is 1.53. The number of carbonyl (C=O) groups is 1. The van der Waals surface area contributed by atoms with Crippen LogP contribution in [0.4, 0.5) is 27.4 Å². The Morgan fingerprint density at radius 3 is 2.63 bits per heavy atom. The van der Waals surface area contributed by atoms with E-state index < -0.39 is 0 Å². The first-order valence-corrected chi connectivity index (χ1v) is 12.3. The first-order chi connectivity index (χ1) is 18.2. The van der Waals surface area contributed by atoms with Crippen molar-refractivity contribution in [3.8, 4) is 11.3 Å². The molecule has 10 heteroatoms. The molecule has 0 saturated heterocycles. The number of benzene rings is 2. The maximum absolute atomic E-state index is 13.9. The van der Waals surface area contributed by atoms with Gasteiger partial charge in [0, 0.05) is 68.5 Å². The van der Waals surface area contributed by atoms with Gasteiger partial charge in [-0.25, -0.2) is 9.37 Å². The lowest BCUT2D eigenvalue weighted by molar-refractivity contribution is -0.114. The highest BCUT2D eigenvalue weighted by atomic mass is 19.1. The summed E-state index contributed by atoms with van der Waals surface area (Å²) in [6.45, 7) is 3.18. The SMILES string of the molecule is CC(=O)Nc1cc(Nc2nc(-c3cn(C)c4cc(F)ccc34)c3cc[nH]c3n2)ccc1N(C)CCN(C)C. The number of hydrogen-bond acceptors (Lipinski definition) is 6. The molecule has 5 rings (SSSR count). The lowest BCUT2D eigenvalue weighted by atomic mass is 10.1. The number of fused-ring (bicyclic) bond motifs is 2. The molecule has 38 heavy (non-hydrogen) atoms. The van der Waals surface area contributed by atoms with E-state index in [1.807, 2.05) is 69.4 Å². The molecule has 0 aliphatic rings. The average molecular weight is 515 g/mol. The predicted octanol–water partition coefficient (Wildman–Crippen LogP) is 4.96. The summed E-state index contributed by atoms with van der Waals surface area (Å²) in [5.74, 6) is -0.0347. The van der Waals surface area contributed by atoms with Crippen molar-refractivity contribution in [1.29, 1.82) is 0 Å². The summed E-state index contributed by atoms with van der Waals surface area (Å²) in [5.41, 5.74) is 5.42. The van der Waals surface area contributed by atoms with Crippen LogP contribution in [-0.4, -0.2) is 64.6 Å². The zero-order valence-corrected chi connectivity index (χ0v) is 22.1. The van der Waals surface area contributed by atoms with Gasteiger partial charge >= 0.3 is 0 Å². The van der Waals surface area contributed by atoms with Crippen LogP contribution in [0.25, 0.3) is 33.2 Å². The molecule has 9 nitrogen and oxygen atoms in total. The van der Waals surface area contributed by atoms with Crippen molar-refractivity contribution in [2.75, 3.05) is 49.8 Å². The first-order valence-electron chi connectivity index (χ1n) is 12.3. The molecule has 196 valence electrons. The predicted molar refractivity (Wildman–Crippen MR) is 152 cm³/mol. The number of hydrogen-bond donors (Lipinski definition) is 3. The Kier molecular flexibility index (Phi) is 6.73. The second-order valence-electron chi connectivity index (χ2n) is 9.71. The number of likely N-dealkylation sites (N-methyl/N-ethyl adjacent to an activating group) is 2. The molecule has 5 aromatic rings. The van der Waals surface area contributed by atoms with Crippen molar-refractivity contribution in [2.24, 2.45) is 7.05 Å². The number of nitrogens with zero attached hydrogens (tertiary/aromatic N) is 5. The molecule has 0 aliphatic carbocycles. The van der Waals surface area contributed by atoms with E-state index in [0.717, 1.165) is 52.0 Å². The highest BCUT2D eigenvalue weighted by Gasteiger charge is 2.17. The number of amides is 1. The van der Waals surface area contributed by atoms with Crippen LogP contribution in [-0.2, 0) is 11.8 Å². The third-order valence-electron chi connectivity index (χ3n) is 6.48. The van der Waals surface area contributed by atoms with Crippen LogP contribution in [0.5, 0.6) is 0 Å². The van der Waals surface area contributed by atoms with Crippen molar-refractivity contribution in [1.82, 2.24) is 24.4 Å². The summed E-state index contributed by atoms with van der Waals surface area (Å²) in [7, 11) is 7.95. The van der Waals surface area contributed by atoms with Gasteiger partial charge in [0.2, 0.25) is 11.9 Å². The Bertz CT molecular complexity index is 1640. The number of rotatable bonds is 8. The van der Waals surface area contributed by atoms with Gasteiger partial charge in [0.1, 0.15) is 11.5 Å². The standard InChI is InChI=1S/C28H31FN8O/c1-17(38)31-23-15-19(7-9-24(23)36(4)13-12-35(2)3)32-28-33-26(21-10-11-30-27(21)34-28)22-16-37(5)25-14-18(29)6-8-20(22)25/h6-11,14-16H,12-13H2,1-5H3,(H,31,38)(H2,30,32,33,34). The summed E-state index contributed by atoms with van der Waals surface area (Å²) in [4.78, 5) is 28.9. The number of halogens is 1. The first kappa shape index (κ1) is 25.2. The molecular weight excluding hydrogens is 483 g/mol. The average Bonchev–Trinajstić information content (AvgIpc) is 3.46. The van der Waals surface area contributed by atoms with E-state index in [2.05, 4.69) is 30.4 Å².